The smallest absolute Gasteiger partial charge is 0.268 e. The van der Waals surface area contributed by atoms with Crippen molar-refractivity contribution in [1.29, 1.82) is 0 Å². The van der Waals surface area contributed by atoms with Crippen molar-refractivity contribution in [3.8, 4) is 0 Å². The molecular formula is C23H22N4O4S. The van der Waals surface area contributed by atoms with Gasteiger partial charge in [-0.15, -0.1) is 0 Å². The number of benzene rings is 1. The molecule has 0 unspecified atom stereocenters. The zero-order chi connectivity index (χ0) is 22.5. The SMILES string of the molecule is Cc1ccc2nc3c(cc(C(=O)N[C@H]4CCS(=O)(=O)C4)n3Cc3ccccc3)c(=O)n2c1. The first-order valence-corrected chi connectivity index (χ1v) is 12.2. The Morgan fingerprint density at radius 1 is 1.19 bits per heavy atom. The number of aryl methyl sites for hydroxylation is 1. The number of nitrogens with one attached hydrogen (secondary N) is 1. The third-order valence-electron chi connectivity index (χ3n) is 5.80. The standard InChI is InChI=1S/C23H22N4O4S/c1-15-7-8-20-25-21-18(23(29)27(20)12-15)11-19(26(21)13-16-5-3-2-4-6-16)22(28)24-17-9-10-32(30,31)14-17/h2-8,11-12,17H,9-10,13-14H2,1H3,(H,24,28)/t17-/m0/s1. The number of pyridine rings is 1. The predicted octanol–water partition coefficient (Wildman–Crippen LogP) is 1.92. The van der Waals surface area contributed by atoms with Gasteiger partial charge in [-0.2, -0.15) is 0 Å². The molecule has 3 aromatic heterocycles. The van der Waals surface area contributed by atoms with Gasteiger partial charge in [0.1, 0.15) is 17.0 Å². The number of carbonyl (C=O) groups excluding carboxylic acids is 1. The molecule has 8 nitrogen and oxygen atoms in total. The third-order valence-corrected chi connectivity index (χ3v) is 7.56. The number of hydrogen-bond donors (Lipinski definition) is 1. The minimum absolute atomic E-state index is 0.0677. The Hall–Kier alpha value is -3.46. The predicted molar refractivity (Wildman–Crippen MR) is 122 cm³/mol. The van der Waals surface area contributed by atoms with E-state index in [1.165, 1.54) is 4.40 Å². The molecule has 0 aliphatic carbocycles. The Bertz CT molecular complexity index is 1520. The minimum Gasteiger partial charge on any atom is -0.347 e. The summed E-state index contributed by atoms with van der Waals surface area (Å²) in [6.45, 7) is 2.25. The minimum atomic E-state index is -3.13. The van der Waals surface area contributed by atoms with Gasteiger partial charge in [-0.1, -0.05) is 36.4 Å². The second-order valence-electron chi connectivity index (χ2n) is 8.26. The molecule has 9 heteroatoms. The van der Waals surface area contributed by atoms with E-state index in [2.05, 4.69) is 10.3 Å². The van der Waals surface area contributed by atoms with E-state index in [0.717, 1.165) is 11.1 Å². The second-order valence-corrected chi connectivity index (χ2v) is 10.5. The van der Waals surface area contributed by atoms with Gasteiger partial charge >= 0.3 is 0 Å². The van der Waals surface area contributed by atoms with Crippen molar-refractivity contribution in [3.05, 3.63) is 81.9 Å². The molecule has 5 rings (SSSR count). The van der Waals surface area contributed by atoms with Gasteiger partial charge in [-0.3, -0.25) is 14.0 Å². The van der Waals surface area contributed by atoms with Crippen molar-refractivity contribution in [1.82, 2.24) is 19.3 Å². The number of aromatic nitrogens is 3. The van der Waals surface area contributed by atoms with Crippen LogP contribution in [0.25, 0.3) is 16.7 Å². The molecule has 32 heavy (non-hydrogen) atoms. The monoisotopic (exact) mass is 450 g/mol. The number of sulfone groups is 1. The zero-order valence-corrected chi connectivity index (χ0v) is 18.3. The summed E-state index contributed by atoms with van der Waals surface area (Å²) in [5.74, 6) is -0.411. The fraction of sp³-hybridized carbons (Fsp3) is 0.261. The van der Waals surface area contributed by atoms with Crippen LogP contribution in [0.5, 0.6) is 0 Å². The van der Waals surface area contributed by atoms with Crippen LogP contribution >= 0.6 is 0 Å². The van der Waals surface area contributed by atoms with Crippen molar-refractivity contribution in [3.63, 3.8) is 0 Å². The van der Waals surface area contributed by atoms with Crippen molar-refractivity contribution in [2.75, 3.05) is 11.5 Å². The normalized spacial score (nSPS) is 17.7. The number of nitrogens with zero attached hydrogens (tertiary/aromatic N) is 3. The molecular weight excluding hydrogens is 428 g/mol. The van der Waals surface area contributed by atoms with Crippen molar-refractivity contribution < 1.29 is 13.2 Å². The summed E-state index contributed by atoms with van der Waals surface area (Å²) in [6.07, 6.45) is 2.11. The van der Waals surface area contributed by atoms with E-state index in [-0.39, 0.29) is 22.8 Å². The van der Waals surface area contributed by atoms with Crippen LogP contribution in [0.2, 0.25) is 0 Å². The van der Waals surface area contributed by atoms with Crippen LogP contribution in [0.1, 0.15) is 28.0 Å². The molecule has 1 saturated heterocycles. The third kappa shape index (κ3) is 3.69. The lowest BCUT2D eigenvalue weighted by Crippen LogP contribution is -2.36. The van der Waals surface area contributed by atoms with Gasteiger partial charge in [0.15, 0.2) is 9.84 Å². The maximum atomic E-state index is 13.2. The Morgan fingerprint density at radius 2 is 1.97 bits per heavy atom. The molecule has 164 valence electrons. The van der Waals surface area contributed by atoms with Crippen LogP contribution in [0.4, 0.5) is 0 Å². The largest absolute Gasteiger partial charge is 0.347 e. The first kappa shape index (κ1) is 20.4. The fourth-order valence-electron chi connectivity index (χ4n) is 4.19. The summed E-state index contributed by atoms with van der Waals surface area (Å²) in [4.78, 5) is 31.1. The van der Waals surface area contributed by atoms with Gasteiger partial charge in [-0.25, -0.2) is 13.4 Å². The Labute approximate surface area is 184 Å². The molecule has 1 atom stereocenters. The molecule has 1 aliphatic heterocycles. The van der Waals surface area contributed by atoms with Gasteiger partial charge in [0.2, 0.25) is 0 Å². The summed E-state index contributed by atoms with van der Waals surface area (Å²) in [7, 11) is -3.13. The molecule has 1 N–H and O–H groups in total. The maximum Gasteiger partial charge on any atom is 0.268 e. The van der Waals surface area contributed by atoms with Crippen molar-refractivity contribution >= 4 is 32.4 Å². The van der Waals surface area contributed by atoms with Crippen LogP contribution < -0.4 is 10.9 Å². The van der Waals surface area contributed by atoms with E-state index in [1.807, 2.05) is 43.3 Å². The average molecular weight is 451 g/mol. The molecule has 1 aliphatic rings. The van der Waals surface area contributed by atoms with E-state index in [9.17, 15) is 18.0 Å². The van der Waals surface area contributed by atoms with Gasteiger partial charge in [0.05, 0.1) is 16.9 Å². The number of rotatable bonds is 4. The molecule has 4 heterocycles. The molecule has 4 aromatic rings. The number of hydrogen-bond acceptors (Lipinski definition) is 5. The van der Waals surface area contributed by atoms with Gasteiger partial charge in [-0.05, 0) is 36.6 Å². The maximum absolute atomic E-state index is 13.2. The topological polar surface area (TPSA) is 103 Å². The average Bonchev–Trinajstić information content (AvgIpc) is 3.29. The lowest BCUT2D eigenvalue weighted by atomic mass is 10.2. The summed E-state index contributed by atoms with van der Waals surface area (Å²) in [6, 6.07) is 14.4. The summed E-state index contributed by atoms with van der Waals surface area (Å²) in [5.41, 5.74) is 2.82. The molecule has 1 aromatic carbocycles. The highest BCUT2D eigenvalue weighted by Crippen LogP contribution is 2.20. The zero-order valence-electron chi connectivity index (χ0n) is 17.5. The Balaban J connectivity index is 1.65. The summed E-state index contributed by atoms with van der Waals surface area (Å²) < 4.78 is 26.8. The number of amides is 1. The van der Waals surface area contributed by atoms with Crippen molar-refractivity contribution in [2.24, 2.45) is 0 Å². The van der Waals surface area contributed by atoms with E-state index in [0.29, 0.717) is 29.6 Å². The summed E-state index contributed by atoms with van der Waals surface area (Å²) >= 11 is 0. The molecule has 0 spiro atoms. The number of carbonyl (C=O) groups is 1. The van der Waals surface area contributed by atoms with Crippen LogP contribution in [0.15, 0.2) is 59.5 Å². The van der Waals surface area contributed by atoms with Crippen LogP contribution in [0, 0.1) is 6.92 Å². The molecule has 0 bridgehead atoms. The van der Waals surface area contributed by atoms with E-state index >= 15 is 0 Å². The molecule has 1 fully saturated rings. The Kier molecular flexibility index (Phi) is 4.85. The van der Waals surface area contributed by atoms with Crippen molar-refractivity contribution in [2.45, 2.75) is 25.9 Å². The molecule has 0 radical (unpaired) electrons. The second kappa shape index (κ2) is 7.59. The first-order valence-electron chi connectivity index (χ1n) is 10.4. The Morgan fingerprint density at radius 3 is 2.69 bits per heavy atom. The van der Waals surface area contributed by atoms with Crippen LogP contribution in [-0.2, 0) is 16.4 Å². The van der Waals surface area contributed by atoms with Gasteiger partial charge in [0.25, 0.3) is 11.5 Å². The lowest BCUT2D eigenvalue weighted by Gasteiger charge is -2.14. The highest BCUT2D eigenvalue weighted by Gasteiger charge is 2.30. The summed E-state index contributed by atoms with van der Waals surface area (Å²) in [5, 5.41) is 3.17. The van der Waals surface area contributed by atoms with Crippen LogP contribution in [0.3, 0.4) is 0 Å². The fourth-order valence-corrected chi connectivity index (χ4v) is 5.86. The number of fused-ring (bicyclic) bond motifs is 2. The van der Waals surface area contributed by atoms with E-state index < -0.39 is 21.8 Å². The highest BCUT2D eigenvalue weighted by molar-refractivity contribution is 7.91. The first-order chi connectivity index (χ1) is 15.3. The quantitative estimate of drug-likeness (QED) is 0.512. The van der Waals surface area contributed by atoms with Crippen LogP contribution in [-0.4, -0.2) is 45.8 Å². The molecule has 0 saturated carbocycles. The van der Waals surface area contributed by atoms with E-state index in [1.54, 1.807) is 22.9 Å². The van der Waals surface area contributed by atoms with E-state index in [4.69, 9.17) is 0 Å². The van der Waals surface area contributed by atoms with Gasteiger partial charge in [0, 0.05) is 18.8 Å². The molecule has 1 amide bonds. The van der Waals surface area contributed by atoms with Gasteiger partial charge < -0.3 is 9.88 Å². The lowest BCUT2D eigenvalue weighted by molar-refractivity contribution is 0.0932. The highest BCUT2D eigenvalue weighted by atomic mass is 32.2.